The summed E-state index contributed by atoms with van der Waals surface area (Å²) in [5.74, 6) is -0.343. The summed E-state index contributed by atoms with van der Waals surface area (Å²) in [6.07, 6.45) is 2.86. The highest BCUT2D eigenvalue weighted by molar-refractivity contribution is 7.80. The number of thiocarbonyl (C=S) groups is 1. The number of rotatable bonds is 5. The lowest BCUT2D eigenvalue weighted by molar-refractivity contribution is -0.123. The molecule has 0 bridgehead atoms. The molecule has 0 aliphatic carbocycles. The fraction of sp³-hybridized carbons (Fsp3) is 0.0455. The van der Waals surface area contributed by atoms with Crippen LogP contribution in [0.4, 0.5) is 0 Å². The third-order valence-electron chi connectivity index (χ3n) is 3.96. The quantitative estimate of drug-likeness (QED) is 0.321. The molecule has 3 rings (SSSR count). The van der Waals surface area contributed by atoms with Crippen molar-refractivity contribution < 1.29 is 14.3 Å². The number of benzene rings is 3. The predicted molar refractivity (Wildman–Crippen MR) is 122 cm³/mol. The summed E-state index contributed by atoms with van der Waals surface area (Å²) in [4.78, 5) is 23.8. The minimum absolute atomic E-state index is 0.0529. The molecule has 3 aromatic rings. The van der Waals surface area contributed by atoms with E-state index in [2.05, 4.69) is 16.2 Å². The van der Waals surface area contributed by atoms with Crippen molar-refractivity contribution in [3.8, 4) is 5.75 Å². The number of hydrogen-bond donors (Lipinski definition) is 3. The minimum Gasteiger partial charge on any atom is -0.484 e. The van der Waals surface area contributed by atoms with Gasteiger partial charge in [-0.25, -0.2) is 0 Å². The van der Waals surface area contributed by atoms with Crippen LogP contribution < -0.4 is 20.9 Å². The molecule has 0 aliphatic heterocycles. The molecule has 3 N–H and O–H groups in total. The lowest BCUT2D eigenvalue weighted by Gasteiger charge is -2.11. The van der Waals surface area contributed by atoms with Gasteiger partial charge in [0.25, 0.3) is 5.91 Å². The van der Waals surface area contributed by atoms with Crippen molar-refractivity contribution in [2.75, 3.05) is 6.61 Å². The number of nitrogens with one attached hydrogen (secondary N) is 3. The maximum absolute atomic E-state index is 11.9. The highest BCUT2D eigenvalue weighted by atomic mass is 35.5. The molecule has 0 aliphatic rings. The number of amides is 2. The molecule has 0 aromatic heterocycles. The van der Waals surface area contributed by atoms with E-state index in [1.54, 1.807) is 30.3 Å². The number of hydrazine groups is 1. The molecule has 0 saturated carbocycles. The predicted octanol–water partition coefficient (Wildman–Crippen LogP) is 3.61. The van der Waals surface area contributed by atoms with Crippen LogP contribution in [0.3, 0.4) is 0 Å². The van der Waals surface area contributed by atoms with Gasteiger partial charge in [0.05, 0.1) is 0 Å². The Balaban J connectivity index is 1.41. The van der Waals surface area contributed by atoms with Gasteiger partial charge >= 0.3 is 0 Å². The number of ether oxygens (including phenoxy) is 1. The van der Waals surface area contributed by atoms with Gasteiger partial charge in [-0.2, -0.15) is 0 Å². The average molecular weight is 440 g/mol. The van der Waals surface area contributed by atoms with Gasteiger partial charge in [0, 0.05) is 11.1 Å². The van der Waals surface area contributed by atoms with Gasteiger partial charge in [-0.3, -0.25) is 25.8 Å². The van der Waals surface area contributed by atoms with Crippen molar-refractivity contribution in [3.05, 3.63) is 83.4 Å². The first-order valence-electron chi connectivity index (χ1n) is 8.95. The molecular weight excluding hydrogens is 422 g/mol. The van der Waals surface area contributed by atoms with Crippen molar-refractivity contribution in [1.29, 1.82) is 0 Å². The van der Waals surface area contributed by atoms with E-state index in [9.17, 15) is 9.59 Å². The maximum Gasteiger partial charge on any atom is 0.276 e. The van der Waals surface area contributed by atoms with Crippen molar-refractivity contribution in [1.82, 2.24) is 16.2 Å². The van der Waals surface area contributed by atoms with E-state index < -0.39 is 11.8 Å². The molecule has 8 heteroatoms. The van der Waals surface area contributed by atoms with Gasteiger partial charge in [-0.15, -0.1) is 0 Å². The zero-order valence-corrected chi connectivity index (χ0v) is 17.3. The summed E-state index contributed by atoms with van der Waals surface area (Å²) in [5, 5.41) is 4.99. The van der Waals surface area contributed by atoms with Gasteiger partial charge in [0.15, 0.2) is 11.7 Å². The number of halogens is 1. The first-order valence-corrected chi connectivity index (χ1v) is 9.74. The number of carbonyl (C=O) groups excluding carboxylic acids is 2. The monoisotopic (exact) mass is 439 g/mol. The maximum atomic E-state index is 11.9. The van der Waals surface area contributed by atoms with Crippen LogP contribution in [-0.4, -0.2) is 23.5 Å². The van der Waals surface area contributed by atoms with Crippen LogP contribution in [0.1, 0.15) is 5.56 Å². The van der Waals surface area contributed by atoms with Crippen molar-refractivity contribution in [3.63, 3.8) is 0 Å². The Labute approximate surface area is 183 Å². The zero-order valence-electron chi connectivity index (χ0n) is 15.7. The van der Waals surface area contributed by atoms with Crippen LogP contribution in [0.5, 0.6) is 5.75 Å². The van der Waals surface area contributed by atoms with Crippen LogP contribution in [0, 0.1) is 0 Å². The van der Waals surface area contributed by atoms with Crippen molar-refractivity contribution in [2.45, 2.75) is 0 Å². The topological polar surface area (TPSA) is 79.5 Å². The Morgan fingerprint density at radius 3 is 2.50 bits per heavy atom. The summed E-state index contributed by atoms with van der Waals surface area (Å²) < 4.78 is 5.48. The Morgan fingerprint density at radius 2 is 1.70 bits per heavy atom. The van der Waals surface area contributed by atoms with Crippen LogP contribution in [-0.2, 0) is 9.59 Å². The van der Waals surface area contributed by atoms with E-state index >= 15 is 0 Å². The second-order valence-corrected chi connectivity index (χ2v) is 6.96. The first kappa shape index (κ1) is 21.3. The Hall–Kier alpha value is -3.42. The van der Waals surface area contributed by atoms with E-state index in [0.29, 0.717) is 16.3 Å². The van der Waals surface area contributed by atoms with E-state index in [1.807, 2.05) is 42.5 Å². The van der Waals surface area contributed by atoms with Crippen molar-refractivity contribution >= 4 is 57.6 Å². The van der Waals surface area contributed by atoms with Crippen LogP contribution in [0.15, 0.2) is 72.8 Å². The molecule has 0 spiro atoms. The summed E-state index contributed by atoms with van der Waals surface area (Å²) in [6, 6.07) is 20.5. The number of hydrogen-bond acceptors (Lipinski definition) is 4. The SMILES string of the molecule is O=C(/C=C/c1ccccc1Cl)NC(=S)NNC(=O)COc1ccc2ccccc2c1. The van der Waals surface area contributed by atoms with Crippen molar-refractivity contribution in [2.24, 2.45) is 0 Å². The second-order valence-electron chi connectivity index (χ2n) is 6.14. The summed E-state index contributed by atoms with van der Waals surface area (Å²) in [6.45, 7) is -0.214. The summed E-state index contributed by atoms with van der Waals surface area (Å²) in [5.41, 5.74) is 5.51. The molecule has 30 heavy (non-hydrogen) atoms. The third-order valence-corrected chi connectivity index (χ3v) is 4.51. The fourth-order valence-electron chi connectivity index (χ4n) is 2.53. The molecule has 0 saturated heterocycles. The molecule has 0 unspecified atom stereocenters. The van der Waals surface area contributed by atoms with Crippen LogP contribution in [0.2, 0.25) is 5.02 Å². The van der Waals surface area contributed by atoms with Gasteiger partial charge in [-0.1, -0.05) is 60.1 Å². The molecule has 0 radical (unpaired) electrons. The standard InChI is InChI=1S/C22H18ClN3O3S/c23-19-8-4-3-6-16(19)10-12-20(27)24-22(30)26-25-21(28)14-29-18-11-9-15-5-1-2-7-17(15)13-18/h1-13H,14H2,(H,25,28)(H2,24,26,27,30)/b12-10+. The molecule has 0 heterocycles. The van der Waals surface area contributed by atoms with E-state index in [4.69, 9.17) is 28.6 Å². The van der Waals surface area contributed by atoms with Gasteiger partial charge in [0.2, 0.25) is 5.91 Å². The Morgan fingerprint density at radius 1 is 0.967 bits per heavy atom. The second kappa shape index (κ2) is 10.4. The summed E-state index contributed by atoms with van der Waals surface area (Å²) in [7, 11) is 0. The highest BCUT2D eigenvalue weighted by Gasteiger charge is 2.06. The molecule has 3 aromatic carbocycles. The Bertz CT molecular complexity index is 1120. The van der Waals surface area contributed by atoms with E-state index in [1.165, 1.54) is 6.08 Å². The molecular formula is C22H18ClN3O3S. The van der Waals surface area contributed by atoms with Crippen LogP contribution in [0.25, 0.3) is 16.8 Å². The van der Waals surface area contributed by atoms with Gasteiger partial charge in [-0.05, 0) is 52.8 Å². The van der Waals surface area contributed by atoms with Gasteiger partial charge < -0.3 is 4.74 Å². The number of carbonyl (C=O) groups is 2. The smallest absolute Gasteiger partial charge is 0.276 e. The normalized spacial score (nSPS) is 10.6. The van der Waals surface area contributed by atoms with E-state index in [-0.39, 0.29) is 11.7 Å². The molecule has 152 valence electrons. The largest absolute Gasteiger partial charge is 0.484 e. The fourth-order valence-corrected chi connectivity index (χ4v) is 2.88. The lowest BCUT2D eigenvalue weighted by Crippen LogP contribution is -2.49. The minimum atomic E-state index is -0.464. The van der Waals surface area contributed by atoms with Crippen LogP contribution >= 0.6 is 23.8 Å². The first-order chi connectivity index (χ1) is 14.5. The third kappa shape index (κ3) is 6.30. The molecule has 6 nitrogen and oxygen atoms in total. The average Bonchev–Trinajstić information content (AvgIpc) is 2.75. The number of fused-ring (bicyclic) bond motifs is 1. The van der Waals surface area contributed by atoms with E-state index in [0.717, 1.165) is 10.8 Å². The highest BCUT2D eigenvalue weighted by Crippen LogP contribution is 2.20. The lowest BCUT2D eigenvalue weighted by atomic mass is 10.1. The van der Waals surface area contributed by atoms with Gasteiger partial charge in [0.1, 0.15) is 5.75 Å². The zero-order chi connectivity index (χ0) is 21.3. The molecule has 0 atom stereocenters. The molecule has 0 fully saturated rings. The molecule has 2 amide bonds. The Kier molecular flexibility index (Phi) is 7.37. The summed E-state index contributed by atoms with van der Waals surface area (Å²) >= 11 is 11.0.